The molecule has 0 fully saturated rings. The molecule has 1 aromatic heterocycles. The second-order valence-corrected chi connectivity index (χ2v) is 7.85. The first-order valence-electron chi connectivity index (χ1n) is 9.39. The number of thiazole rings is 1. The summed E-state index contributed by atoms with van der Waals surface area (Å²) in [4.78, 5) is 40.5. The zero-order chi connectivity index (χ0) is 21.1. The molecule has 8 nitrogen and oxygen atoms in total. The van der Waals surface area contributed by atoms with Gasteiger partial charge in [-0.2, -0.15) is 5.10 Å². The number of nitrogens with one attached hydrogen (secondary N) is 2. The van der Waals surface area contributed by atoms with Crippen molar-refractivity contribution in [1.29, 1.82) is 0 Å². The molecule has 2 aromatic carbocycles. The lowest BCUT2D eigenvalue weighted by atomic mass is 10.1. The van der Waals surface area contributed by atoms with E-state index in [0.717, 1.165) is 15.8 Å². The van der Waals surface area contributed by atoms with Gasteiger partial charge < -0.3 is 5.32 Å². The lowest BCUT2D eigenvalue weighted by molar-refractivity contribution is -0.132. The first-order valence-corrected chi connectivity index (χ1v) is 10.2. The number of nitrogens with zero attached hydrogens (tertiary/aromatic N) is 3. The van der Waals surface area contributed by atoms with Crippen LogP contribution in [0, 0.1) is 0 Å². The lowest BCUT2D eigenvalue weighted by Gasteiger charge is -2.23. The van der Waals surface area contributed by atoms with Crippen molar-refractivity contribution in [2.45, 2.75) is 26.3 Å². The van der Waals surface area contributed by atoms with Crippen LogP contribution in [0.25, 0.3) is 10.2 Å². The van der Waals surface area contributed by atoms with Gasteiger partial charge in [0.2, 0.25) is 11.8 Å². The number of rotatable bonds is 5. The van der Waals surface area contributed by atoms with Crippen molar-refractivity contribution in [2.24, 2.45) is 5.10 Å². The molecule has 0 radical (unpaired) electrons. The van der Waals surface area contributed by atoms with Gasteiger partial charge in [-0.1, -0.05) is 41.7 Å². The monoisotopic (exact) mass is 421 g/mol. The van der Waals surface area contributed by atoms with E-state index in [-0.39, 0.29) is 30.6 Å². The Bertz CT molecular complexity index is 1160. The van der Waals surface area contributed by atoms with Crippen LogP contribution in [0.3, 0.4) is 0 Å². The Morgan fingerprint density at radius 3 is 2.67 bits per heavy atom. The molecule has 0 atom stereocenters. The molecule has 0 unspecified atom stereocenters. The Kier molecular flexibility index (Phi) is 5.53. The molecule has 0 bridgehead atoms. The van der Waals surface area contributed by atoms with Crippen LogP contribution in [0.4, 0.5) is 10.8 Å². The van der Waals surface area contributed by atoms with E-state index in [0.29, 0.717) is 23.1 Å². The number of carbonyl (C=O) groups is 3. The minimum Gasteiger partial charge on any atom is -0.326 e. The second-order valence-electron chi connectivity index (χ2n) is 6.82. The summed E-state index contributed by atoms with van der Waals surface area (Å²) in [7, 11) is 0. The number of benzene rings is 2. The molecule has 2 heterocycles. The maximum atomic E-state index is 12.7. The molecule has 3 amide bonds. The van der Waals surface area contributed by atoms with Gasteiger partial charge in [-0.05, 0) is 23.8 Å². The van der Waals surface area contributed by atoms with Crippen molar-refractivity contribution in [3.8, 4) is 0 Å². The van der Waals surface area contributed by atoms with Crippen molar-refractivity contribution in [3.63, 3.8) is 0 Å². The first kappa shape index (κ1) is 19.7. The van der Waals surface area contributed by atoms with Gasteiger partial charge in [0.1, 0.15) is 5.71 Å². The minimum atomic E-state index is -0.373. The van der Waals surface area contributed by atoms with Gasteiger partial charge in [-0.15, -0.1) is 0 Å². The average molecular weight is 421 g/mol. The molecule has 1 aliphatic rings. The lowest BCUT2D eigenvalue weighted by Crippen LogP contribution is -2.35. The van der Waals surface area contributed by atoms with Gasteiger partial charge in [0.15, 0.2) is 5.13 Å². The van der Waals surface area contributed by atoms with E-state index in [1.807, 2.05) is 36.4 Å². The maximum absolute atomic E-state index is 12.7. The van der Waals surface area contributed by atoms with E-state index >= 15 is 0 Å². The molecule has 152 valence electrons. The standard InChI is InChI=1S/C21H19N5O3S/c1-13(27)22-15-7-8-16-18(11-15)30-21(23-16)24-20(29)17-9-10-19(28)26(25-17)12-14-5-3-2-4-6-14/h2-8,11H,9-10,12H2,1H3,(H,22,27)(H,23,24,29). The SMILES string of the molecule is CC(=O)Nc1ccc2nc(NC(=O)C3=NN(Cc4ccccc4)C(=O)CC3)sc2c1. The zero-order valence-corrected chi connectivity index (χ0v) is 17.0. The Labute approximate surface area is 176 Å². The highest BCUT2D eigenvalue weighted by molar-refractivity contribution is 7.22. The first-order chi connectivity index (χ1) is 14.5. The largest absolute Gasteiger partial charge is 0.326 e. The summed E-state index contributed by atoms with van der Waals surface area (Å²) >= 11 is 1.30. The number of aromatic nitrogens is 1. The molecule has 4 rings (SSSR count). The topological polar surface area (TPSA) is 104 Å². The van der Waals surface area contributed by atoms with Crippen LogP contribution in [-0.2, 0) is 20.9 Å². The summed E-state index contributed by atoms with van der Waals surface area (Å²) in [6.45, 7) is 1.77. The van der Waals surface area contributed by atoms with Crippen LogP contribution in [0.5, 0.6) is 0 Å². The van der Waals surface area contributed by atoms with Gasteiger partial charge in [-0.25, -0.2) is 9.99 Å². The predicted octanol–water partition coefficient (Wildman–Crippen LogP) is 3.37. The van der Waals surface area contributed by atoms with Gasteiger partial charge in [0, 0.05) is 25.5 Å². The third-order valence-corrected chi connectivity index (χ3v) is 5.41. The highest BCUT2D eigenvalue weighted by Gasteiger charge is 2.25. The zero-order valence-electron chi connectivity index (χ0n) is 16.2. The average Bonchev–Trinajstić information content (AvgIpc) is 3.11. The number of amides is 3. The Morgan fingerprint density at radius 2 is 1.90 bits per heavy atom. The van der Waals surface area contributed by atoms with Crippen LogP contribution in [0.1, 0.15) is 25.3 Å². The van der Waals surface area contributed by atoms with Crippen LogP contribution in [0.15, 0.2) is 53.6 Å². The quantitative estimate of drug-likeness (QED) is 0.659. The highest BCUT2D eigenvalue weighted by atomic mass is 32.1. The Morgan fingerprint density at radius 1 is 1.10 bits per heavy atom. The molecular formula is C21H19N5O3S. The Balaban J connectivity index is 1.49. The highest BCUT2D eigenvalue weighted by Crippen LogP contribution is 2.28. The molecule has 1 aliphatic heterocycles. The van der Waals surface area contributed by atoms with Crippen molar-refractivity contribution in [1.82, 2.24) is 9.99 Å². The van der Waals surface area contributed by atoms with Crippen molar-refractivity contribution in [3.05, 3.63) is 54.1 Å². The van der Waals surface area contributed by atoms with Crippen molar-refractivity contribution >= 4 is 55.8 Å². The van der Waals surface area contributed by atoms with Crippen LogP contribution in [0.2, 0.25) is 0 Å². The van der Waals surface area contributed by atoms with Crippen molar-refractivity contribution < 1.29 is 14.4 Å². The normalized spacial score (nSPS) is 13.8. The number of hydrogen-bond donors (Lipinski definition) is 2. The minimum absolute atomic E-state index is 0.110. The van der Waals surface area contributed by atoms with Gasteiger partial charge in [0.25, 0.3) is 5.91 Å². The van der Waals surface area contributed by atoms with E-state index in [2.05, 4.69) is 20.7 Å². The van der Waals surface area contributed by atoms with Gasteiger partial charge in [0.05, 0.1) is 16.8 Å². The molecule has 2 N–H and O–H groups in total. The summed E-state index contributed by atoms with van der Waals surface area (Å²) < 4.78 is 0.836. The van der Waals surface area contributed by atoms with E-state index in [4.69, 9.17) is 0 Å². The van der Waals surface area contributed by atoms with E-state index in [1.165, 1.54) is 23.3 Å². The molecular weight excluding hydrogens is 402 g/mol. The molecule has 0 saturated heterocycles. The van der Waals surface area contributed by atoms with E-state index < -0.39 is 0 Å². The van der Waals surface area contributed by atoms with Crippen LogP contribution in [-0.4, -0.2) is 33.4 Å². The smallest absolute Gasteiger partial charge is 0.273 e. The summed E-state index contributed by atoms with van der Waals surface area (Å²) in [5, 5.41) is 11.5. The third kappa shape index (κ3) is 4.52. The Hall–Kier alpha value is -3.59. The fourth-order valence-corrected chi connectivity index (χ4v) is 3.97. The molecule has 0 aliphatic carbocycles. The van der Waals surface area contributed by atoms with Crippen molar-refractivity contribution in [2.75, 3.05) is 10.6 Å². The van der Waals surface area contributed by atoms with Crippen LogP contribution >= 0.6 is 11.3 Å². The molecule has 0 saturated carbocycles. The number of fused-ring (bicyclic) bond motifs is 1. The fourth-order valence-electron chi connectivity index (χ4n) is 3.07. The third-order valence-electron chi connectivity index (χ3n) is 4.47. The fraction of sp³-hybridized carbons (Fsp3) is 0.190. The van der Waals surface area contributed by atoms with E-state index in [9.17, 15) is 14.4 Å². The van der Waals surface area contributed by atoms with Gasteiger partial charge >= 0.3 is 0 Å². The maximum Gasteiger partial charge on any atom is 0.273 e. The number of carbonyl (C=O) groups excluding carboxylic acids is 3. The number of hydrogen-bond acceptors (Lipinski definition) is 6. The summed E-state index contributed by atoms with van der Waals surface area (Å²) in [5.41, 5.74) is 2.63. The summed E-state index contributed by atoms with van der Waals surface area (Å²) in [6, 6.07) is 14.9. The number of hydrazone groups is 1. The number of anilines is 2. The molecule has 0 spiro atoms. The van der Waals surface area contributed by atoms with Crippen LogP contribution < -0.4 is 10.6 Å². The predicted molar refractivity (Wildman–Crippen MR) is 116 cm³/mol. The van der Waals surface area contributed by atoms with Gasteiger partial charge in [-0.3, -0.25) is 19.7 Å². The second kappa shape index (κ2) is 8.42. The molecule has 9 heteroatoms. The summed E-state index contributed by atoms with van der Waals surface area (Å²) in [5.74, 6) is -0.639. The summed E-state index contributed by atoms with van der Waals surface area (Å²) in [6.07, 6.45) is 0.520. The van der Waals surface area contributed by atoms with E-state index in [1.54, 1.807) is 12.1 Å². The molecule has 3 aromatic rings. The molecule has 30 heavy (non-hydrogen) atoms.